The summed E-state index contributed by atoms with van der Waals surface area (Å²) in [5.41, 5.74) is 2.70. The number of benzene rings is 2. The lowest BCUT2D eigenvalue weighted by atomic mass is 10.0. The van der Waals surface area contributed by atoms with E-state index >= 15 is 0 Å². The first kappa shape index (κ1) is 24.3. The zero-order valence-electron chi connectivity index (χ0n) is 20.2. The van der Waals surface area contributed by atoms with Crippen molar-refractivity contribution in [3.05, 3.63) is 64.2 Å². The van der Waals surface area contributed by atoms with Crippen LogP contribution in [-0.2, 0) is 11.3 Å². The van der Waals surface area contributed by atoms with E-state index in [9.17, 15) is 18.4 Å². The Bertz CT molecular complexity index is 1080. The van der Waals surface area contributed by atoms with Gasteiger partial charge in [-0.15, -0.1) is 0 Å². The van der Waals surface area contributed by atoms with Crippen molar-refractivity contribution in [1.29, 1.82) is 0 Å². The molecule has 182 valence electrons. The van der Waals surface area contributed by atoms with Gasteiger partial charge in [-0.3, -0.25) is 14.5 Å². The maximum atomic E-state index is 14.5. The molecule has 0 aromatic heterocycles. The molecule has 2 aromatic rings. The van der Waals surface area contributed by atoms with Gasteiger partial charge in [0, 0.05) is 49.4 Å². The lowest BCUT2D eigenvalue weighted by Crippen LogP contribution is -2.54. The number of hydrogen-bond donors (Lipinski definition) is 1. The van der Waals surface area contributed by atoms with Crippen molar-refractivity contribution in [1.82, 2.24) is 9.80 Å². The topological polar surface area (TPSA) is 52.7 Å². The summed E-state index contributed by atoms with van der Waals surface area (Å²) >= 11 is 0. The standard InChI is InChI=1S/C27H33F2N3O2/c1-17-12-21(8-9-24(17)29)26(33)30-25-14-23(28)13-22(19(25)3)16-31-10-11-32(18(2)15-31)27(34)20-6-4-5-7-20/h8-9,12-14,18,20H,4-7,10-11,15-16H2,1-3H3,(H,30,33)/t18-/m0/s1. The van der Waals surface area contributed by atoms with E-state index in [2.05, 4.69) is 17.1 Å². The number of anilines is 1. The van der Waals surface area contributed by atoms with Crippen LogP contribution in [0, 0.1) is 31.4 Å². The van der Waals surface area contributed by atoms with Crippen LogP contribution in [0.25, 0.3) is 0 Å². The van der Waals surface area contributed by atoms with Gasteiger partial charge in [0.15, 0.2) is 0 Å². The van der Waals surface area contributed by atoms with E-state index in [1.807, 2.05) is 11.8 Å². The molecule has 1 atom stereocenters. The highest BCUT2D eigenvalue weighted by Gasteiger charge is 2.33. The van der Waals surface area contributed by atoms with Crippen LogP contribution in [0.1, 0.15) is 59.7 Å². The molecule has 4 rings (SSSR count). The summed E-state index contributed by atoms with van der Waals surface area (Å²) < 4.78 is 28.0. The summed E-state index contributed by atoms with van der Waals surface area (Å²) in [6, 6.07) is 7.08. The van der Waals surface area contributed by atoms with Crippen molar-refractivity contribution >= 4 is 17.5 Å². The van der Waals surface area contributed by atoms with E-state index in [4.69, 9.17) is 0 Å². The zero-order valence-corrected chi connectivity index (χ0v) is 20.2. The van der Waals surface area contributed by atoms with Crippen LogP contribution >= 0.6 is 0 Å². The van der Waals surface area contributed by atoms with Crippen LogP contribution in [0.4, 0.5) is 14.5 Å². The molecule has 2 aromatic carbocycles. The van der Waals surface area contributed by atoms with Crippen LogP contribution in [0.2, 0.25) is 0 Å². The molecule has 1 N–H and O–H groups in total. The monoisotopic (exact) mass is 469 g/mol. The molecular formula is C27H33F2N3O2. The Morgan fingerprint density at radius 2 is 1.79 bits per heavy atom. The molecule has 1 aliphatic carbocycles. The summed E-state index contributed by atoms with van der Waals surface area (Å²) in [6.45, 7) is 8.22. The number of nitrogens with zero attached hydrogens (tertiary/aromatic N) is 2. The highest BCUT2D eigenvalue weighted by Crippen LogP contribution is 2.29. The van der Waals surface area contributed by atoms with Gasteiger partial charge in [-0.05, 0) is 80.6 Å². The second kappa shape index (κ2) is 10.2. The van der Waals surface area contributed by atoms with E-state index in [0.717, 1.165) is 49.9 Å². The smallest absolute Gasteiger partial charge is 0.255 e. The van der Waals surface area contributed by atoms with Crippen LogP contribution < -0.4 is 5.32 Å². The van der Waals surface area contributed by atoms with Gasteiger partial charge >= 0.3 is 0 Å². The first-order valence-corrected chi connectivity index (χ1v) is 12.1. The van der Waals surface area contributed by atoms with Crippen molar-refractivity contribution in [2.75, 3.05) is 25.0 Å². The molecule has 1 saturated heterocycles. The Kier molecular flexibility index (Phi) is 7.31. The molecule has 1 heterocycles. The molecule has 0 bridgehead atoms. The Morgan fingerprint density at radius 1 is 1.06 bits per heavy atom. The minimum atomic E-state index is -0.422. The van der Waals surface area contributed by atoms with Gasteiger partial charge in [0.05, 0.1) is 0 Å². The molecule has 0 spiro atoms. The molecule has 1 aliphatic heterocycles. The van der Waals surface area contributed by atoms with Crippen LogP contribution in [-0.4, -0.2) is 47.3 Å². The Labute approximate surface area is 200 Å². The SMILES string of the molecule is Cc1cc(C(=O)Nc2cc(F)cc(CN3CCN(C(=O)C4CCCC4)[C@@H](C)C3)c2C)ccc1F. The molecule has 2 fully saturated rings. The Hall–Kier alpha value is -2.80. The van der Waals surface area contributed by atoms with Gasteiger partial charge in [0.2, 0.25) is 5.91 Å². The van der Waals surface area contributed by atoms with Crippen LogP contribution in [0.5, 0.6) is 0 Å². The summed E-state index contributed by atoms with van der Waals surface area (Å²) in [6.07, 6.45) is 4.28. The first-order valence-electron chi connectivity index (χ1n) is 12.1. The predicted molar refractivity (Wildman–Crippen MR) is 129 cm³/mol. The molecule has 1 saturated carbocycles. The number of carbonyl (C=O) groups excluding carboxylic acids is 2. The molecule has 34 heavy (non-hydrogen) atoms. The fraction of sp³-hybridized carbons (Fsp3) is 0.481. The molecular weight excluding hydrogens is 436 g/mol. The Morgan fingerprint density at radius 3 is 2.47 bits per heavy atom. The number of halogens is 2. The van der Waals surface area contributed by atoms with Crippen LogP contribution in [0.3, 0.4) is 0 Å². The molecule has 2 aliphatic rings. The largest absolute Gasteiger partial charge is 0.337 e. The third kappa shape index (κ3) is 5.30. The molecule has 0 unspecified atom stereocenters. The second-order valence-corrected chi connectivity index (χ2v) is 9.75. The van der Waals surface area contributed by atoms with E-state index in [1.54, 1.807) is 6.92 Å². The van der Waals surface area contributed by atoms with Crippen LogP contribution in [0.15, 0.2) is 30.3 Å². The molecule has 5 nitrogen and oxygen atoms in total. The maximum Gasteiger partial charge on any atom is 0.255 e. The average molecular weight is 470 g/mol. The number of nitrogens with one attached hydrogen (secondary N) is 1. The zero-order chi connectivity index (χ0) is 24.4. The number of aryl methyl sites for hydroxylation is 1. The Balaban J connectivity index is 1.43. The minimum absolute atomic E-state index is 0.108. The number of carbonyl (C=O) groups is 2. The van der Waals surface area contributed by atoms with Crippen molar-refractivity contribution in [3.8, 4) is 0 Å². The van der Waals surface area contributed by atoms with Gasteiger partial charge in [-0.25, -0.2) is 8.78 Å². The quantitative estimate of drug-likeness (QED) is 0.666. The maximum absolute atomic E-state index is 14.5. The highest BCUT2D eigenvalue weighted by atomic mass is 19.1. The van der Waals surface area contributed by atoms with Crippen molar-refractivity contribution in [2.24, 2.45) is 5.92 Å². The number of hydrogen-bond acceptors (Lipinski definition) is 3. The predicted octanol–water partition coefficient (Wildman–Crippen LogP) is 5.06. The minimum Gasteiger partial charge on any atom is -0.337 e. The summed E-state index contributed by atoms with van der Waals surface area (Å²) in [5, 5.41) is 2.78. The number of amides is 2. The van der Waals surface area contributed by atoms with Gasteiger partial charge in [-0.1, -0.05) is 12.8 Å². The van der Waals surface area contributed by atoms with Gasteiger partial charge < -0.3 is 10.2 Å². The summed E-state index contributed by atoms with van der Waals surface area (Å²) in [4.78, 5) is 29.8. The normalized spacial score (nSPS) is 19.4. The van der Waals surface area contributed by atoms with E-state index < -0.39 is 11.7 Å². The van der Waals surface area contributed by atoms with Gasteiger partial charge in [-0.2, -0.15) is 0 Å². The highest BCUT2D eigenvalue weighted by molar-refractivity contribution is 6.04. The van der Waals surface area contributed by atoms with E-state index in [1.165, 1.54) is 30.3 Å². The van der Waals surface area contributed by atoms with E-state index in [-0.39, 0.29) is 23.7 Å². The summed E-state index contributed by atoms with van der Waals surface area (Å²) in [7, 11) is 0. The van der Waals surface area contributed by atoms with Gasteiger partial charge in [0.1, 0.15) is 11.6 Å². The molecule has 7 heteroatoms. The van der Waals surface area contributed by atoms with E-state index in [0.29, 0.717) is 29.9 Å². The lowest BCUT2D eigenvalue weighted by Gasteiger charge is -2.41. The first-order chi connectivity index (χ1) is 16.2. The lowest BCUT2D eigenvalue weighted by molar-refractivity contribution is -0.140. The fourth-order valence-corrected chi connectivity index (χ4v) is 5.16. The average Bonchev–Trinajstić information content (AvgIpc) is 3.33. The second-order valence-electron chi connectivity index (χ2n) is 9.75. The van der Waals surface area contributed by atoms with Crippen molar-refractivity contribution < 1.29 is 18.4 Å². The van der Waals surface area contributed by atoms with Gasteiger partial charge in [0.25, 0.3) is 5.91 Å². The fourth-order valence-electron chi connectivity index (χ4n) is 5.16. The molecule has 0 radical (unpaired) electrons. The summed E-state index contributed by atoms with van der Waals surface area (Å²) in [5.74, 6) is -0.743. The third-order valence-corrected chi connectivity index (χ3v) is 7.24. The van der Waals surface area contributed by atoms with Crippen molar-refractivity contribution in [3.63, 3.8) is 0 Å². The number of rotatable bonds is 5. The molecule has 2 amide bonds. The van der Waals surface area contributed by atoms with Crippen molar-refractivity contribution in [2.45, 2.75) is 59.0 Å². The number of piperazine rings is 1. The third-order valence-electron chi connectivity index (χ3n) is 7.24.